The molecule has 0 bridgehead atoms. The van der Waals surface area contributed by atoms with Gasteiger partial charge in [-0.3, -0.25) is 4.79 Å². The molecule has 0 atom stereocenters. The van der Waals surface area contributed by atoms with Crippen LogP contribution in [-0.2, 0) is 0 Å². The zero-order valence-electron chi connectivity index (χ0n) is 11.7. The third-order valence-electron chi connectivity index (χ3n) is 2.68. The number of amides is 1. The van der Waals surface area contributed by atoms with Gasteiger partial charge >= 0.3 is 0 Å². The monoisotopic (exact) mass is 322 g/mol. The van der Waals surface area contributed by atoms with Crippen molar-refractivity contribution < 1.29 is 9.53 Å². The number of thiophene rings is 1. The van der Waals surface area contributed by atoms with Gasteiger partial charge in [0.25, 0.3) is 5.91 Å². The van der Waals surface area contributed by atoms with Crippen molar-refractivity contribution in [2.24, 2.45) is 5.10 Å². The molecule has 0 aliphatic carbocycles. The Morgan fingerprint density at radius 3 is 2.57 bits per heavy atom. The van der Waals surface area contributed by atoms with Gasteiger partial charge in [-0.25, -0.2) is 5.43 Å². The fourth-order valence-electron chi connectivity index (χ4n) is 1.63. The van der Waals surface area contributed by atoms with Gasteiger partial charge in [-0.15, -0.1) is 11.3 Å². The minimum Gasteiger partial charge on any atom is -0.494 e. The summed E-state index contributed by atoms with van der Waals surface area (Å²) < 4.78 is 6.02. The van der Waals surface area contributed by atoms with Crippen LogP contribution in [0, 0.1) is 0 Å². The van der Waals surface area contributed by atoms with E-state index >= 15 is 0 Å². The van der Waals surface area contributed by atoms with Crippen molar-refractivity contribution in [3.8, 4) is 5.75 Å². The standard InChI is InChI=1S/C15H15ClN2O2S/c1-3-20-12-6-4-11(5-7-12)15(19)18-17-10(2)13-8-9-14(16)21-13/h4-9H,3H2,1-2H3,(H,18,19)/b17-10+. The van der Waals surface area contributed by atoms with Crippen molar-refractivity contribution in [3.05, 3.63) is 51.2 Å². The van der Waals surface area contributed by atoms with Crippen LogP contribution in [0.2, 0.25) is 4.34 Å². The number of carbonyl (C=O) groups excluding carboxylic acids is 1. The van der Waals surface area contributed by atoms with Crippen LogP contribution in [0.25, 0.3) is 0 Å². The number of halogens is 1. The predicted octanol–water partition coefficient (Wildman–Crippen LogP) is 3.95. The SMILES string of the molecule is CCOc1ccc(C(=O)N/N=C(\C)c2ccc(Cl)s2)cc1. The van der Waals surface area contributed by atoms with Crippen LogP contribution in [0.5, 0.6) is 5.75 Å². The Hall–Kier alpha value is -1.85. The molecule has 1 aromatic heterocycles. The van der Waals surface area contributed by atoms with Gasteiger partial charge in [0.2, 0.25) is 0 Å². The largest absolute Gasteiger partial charge is 0.494 e. The normalized spacial score (nSPS) is 11.3. The molecule has 1 amide bonds. The molecule has 0 aliphatic heterocycles. The lowest BCUT2D eigenvalue weighted by molar-refractivity contribution is 0.0955. The maximum absolute atomic E-state index is 12.0. The minimum absolute atomic E-state index is 0.264. The lowest BCUT2D eigenvalue weighted by Crippen LogP contribution is -2.19. The molecule has 6 heteroatoms. The average molecular weight is 323 g/mol. The average Bonchev–Trinajstić information content (AvgIpc) is 2.92. The third-order valence-corrected chi connectivity index (χ3v) is 4.02. The van der Waals surface area contributed by atoms with Gasteiger partial charge in [0.15, 0.2) is 0 Å². The molecule has 1 N–H and O–H groups in total. The summed E-state index contributed by atoms with van der Waals surface area (Å²) in [6.07, 6.45) is 0. The van der Waals surface area contributed by atoms with Crippen molar-refractivity contribution in [3.63, 3.8) is 0 Å². The third kappa shape index (κ3) is 4.31. The number of nitrogens with one attached hydrogen (secondary N) is 1. The molecule has 0 saturated heterocycles. The molecule has 1 heterocycles. The van der Waals surface area contributed by atoms with Gasteiger partial charge in [0.1, 0.15) is 5.75 Å². The molecule has 2 rings (SSSR count). The van der Waals surface area contributed by atoms with Gasteiger partial charge in [-0.1, -0.05) is 11.6 Å². The molecule has 0 saturated carbocycles. The number of hydrazone groups is 1. The summed E-state index contributed by atoms with van der Waals surface area (Å²) in [5.74, 6) is 0.474. The maximum atomic E-state index is 12.0. The van der Waals surface area contributed by atoms with E-state index in [1.807, 2.05) is 19.9 Å². The van der Waals surface area contributed by atoms with Crippen molar-refractivity contribution in [2.75, 3.05) is 6.61 Å². The van der Waals surface area contributed by atoms with Crippen LogP contribution in [0.3, 0.4) is 0 Å². The number of rotatable bonds is 5. The Bertz CT molecular complexity index is 650. The van der Waals surface area contributed by atoms with Crippen molar-refractivity contribution in [1.29, 1.82) is 0 Å². The minimum atomic E-state index is -0.264. The summed E-state index contributed by atoms with van der Waals surface area (Å²) in [6.45, 7) is 4.33. The summed E-state index contributed by atoms with van der Waals surface area (Å²) in [7, 11) is 0. The highest BCUT2D eigenvalue weighted by atomic mass is 35.5. The molecule has 2 aromatic rings. The van der Waals surface area contributed by atoms with E-state index in [4.69, 9.17) is 16.3 Å². The number of ether oxygens (including phenoxy) is 1. The zero-order valence-corrected chi connectivity index (χ0v) is 13.3. The van der Waals surface area contributed by atoms with Crippen LogP contribution in [-0.4, -0.2) is 18.2 Å². The van der Waals surface area contributed by atoms with E-state index in [0.29, 0.717) is 22.2 Å². The summed E-state index contributed by atoms with van der Waals surface area (Å²) in [6, 6.07) is 10.6. The molecule has 21 heavy (non-hydrogen) atoms. The van der Waals surface area contributed by atoms with Gasteiger partial charge < -0.3 is 4.74 Å². The number of nitrogens with zero attached hydrogens (tertiary/aromatic N) is 1. The van der Waals surface area contributed by atoms with Gasteiger partial charge in [0, 0.05) is 5.56 Å². The van der Waals surface area contributed by atoms with Crippen molar-refractivity contribution in [2.45, 2.75) is 13.8 Å². The molecule has 0 aliphatic rings. The van der Waals surface area contributed by atoms with E-state index in [2.05, 4.69) is 10.5 Å². The van der Waals surface area contributed by atoms with E-state index < -0.39 is 0 Å². The van der Waals surface area contributed by atoms with E-state index in [9.17, 15) is 4.79 Å². The van der Waals surface area contributed by atoms with E-state index in [0.717, 1.165) is 10.6 Å². The Balaban J connectivity index is 2.00. The first-order valence-corrected chi connectivity index (χ1v) is 7.62. The van der Waals surface area contributed by atoms with Gasteiger partial charge in [-0.2, -0.15) is 5.10 Å². The second-order valence-corrected chi connectivity index (χ2v) is 5.91. The van der Waals surface area contributed by atoms with Crippen LogP contribution in [0.15, 0.2) is 41.5 Å². The number of benzene rings is 1. The fourth-order valence-corrected chi connectivity index (χ4v) is 2.62. The number of hydrogen-bond donors (Lipinski definition) is 1. The Morgan fingerprint density at radius 1 is 1.29 bits per heavy atom. The second-order valence-electron chi connectivity index (χ2n) is 4.20. The molecule has 1 aromatic carbocycles. The molecule has 110 valence electrons. The zero-order chi connectivity index (χ0) is 15.2. The van der Waals surface area contributed by atoms with Crippen LogP contribution in [0.4, 0.5) is 0 Å². The maximum Gasteiger partial charge on any atom is 0.271 e. The van der Waals surface area contributed by atoms with Crippen LogP contribution >= 0.6 is 22.9 Å². The number of hydrogen-bond acceptors (Lipinski definition) is 4. The summed E-state index contributed by atoms with van der Waals surface area (Å²) in [4.78, 5) is 12.9. The van der Waals surface area contributed by atoms with E-state index in [-0.39, 0.29) is 5.91 Å². The Morgan fingerprint density at radius 2 is 2.00 bits per heavy atom. The molecule has 4 nitrogen and oxygen atoms in total. The quantitative estimate of drug-likeness (QED) is 0.669. The van der Waals surface area contributed by atoms with Crippen molar-refractivity contribution >= 4 is 34.6 Å². The van der Waals surface area contributed by atoms with Crippen LogP contribution in [0.1, 0.15) is 29.1 Å². The Labute approximate surface area is 132 Å². The first-order valence-electron chi connectivity index (χ1n) is 6.43. The molecule has 0 radical (unpaired) electrons. The Kier molecular flexibility index (Phi) is 5.36. The highest BCUT2D eigenvalue weighted by Gasteiger charge is 2.06. The lowest BCUT2D eigenvalue weighted by atomic mass is 10.2. The molecule has 0 spiro atoms. The summed E-state index contributed by atoms with van der Waals surface area (Å²) in [5.41, 5.74) is 3.77. The molecule has 0 fully saturated rings. The first-order chi connectivity index (χ1) is 10.1. The lowest BCUT2D eigenvalue weighted by Gasteiger charge is -2.04. The molecule has 0 unspecified atom stereocenters. The fraction of sp³-hybridized carbons (Fsp3) is 0.200. The van der Waals surface area contributed by atoms with Crippen LogP contribution < -0.4 is 10.2 Å². The summed E-state index contributed by atoms with van der Waals surface area (Å²) >= 11 is 7.29. The summed E-state index contributed by atoms with van der Waals surface area (Å²) in [5, 5.41) is 4.08. The van der Waals surface area contributed by atoms with E-state index in [1.165, 1.54) is 11.3 Å². The molecular formula is C15H15ClN2O2S. The predicted molar refractivity (Wildman–Crippen MR) is 86.6 cm³/mol. The topological polar surface area (TPSA) is 50.7 Å². The molecular weight excluding hydrogens is 308 g/mol. The second kappa shape index (κ2) is 7.24. The first kappa shape index (κ1) is 15.5. The smallest absolute Gasteiger partial charge is 0.271 e. The highest BCUT2D eigenvalue weighted by molar-refractivity contribution is 7.18. The highest BCUT2D eigenvalue weighted by Crippen LogP contribution is 2.21. The van der Waals surface area contributed by atoms with Crippen molar-refractivity contribution in [1.82, 2.24) is 5.43 Å². The van der Waals surface area contributed by atoms with E-state index in [1.54, 1.807) is 30.3 Å². The number of carbonyl (C=O) groups is 1. The van der Waals surface area contributed by atoms with Gasteiger partial charge in [-0.05, 0) is 50.2 Å². The van der Waals surface area contributed by atoms with Gasteiger partial charge in [0.05, 0.1) is 21.5 Å².